The summed E-state index contributed by atoms with van der Waals surface area (Å²) in [5, 5.41) is 2.97. The van der Waals surface area contributed by atoms with Gasteiger partial charge in [-0.05, 0) is 32.6 Å². The third kappa shape index (κ3) is 3.78. The van der Waals surface area contributed by atoms with Gasteiger partial charge in [0.1, 0.15) is 0 Å². The van der Waals surface area contributed by atoms with Gasteiger partial charge in [-0.25, -0.2) is 4.98 Å². The van der Waals surface area contributed by atoms with Gasteiger partial charge in [-0.2, -0.15) is 0 Å². The van der Waals surface area contributed by atoms with E-state index in [2.05, 4.69) is 4.98 Å². The highest BCUT2D eigenvalue weighted by molar-refractivity contribution is 7.09. The lowest BCUT2D eigenvalue weighted by Gasteiger charge is -2.39. The Hall–Kier alpha value is -1.47. The average Bonchev–Trinajstić information content (AvgIpc) is 3.32. The zero-order chi connectivity index (χ0) is 18.1. The van der Waals surface area contributed by atoms with E-state index in [4.69, 9.17) is 4.74 Å². The number of hydrogen-bond acceptors (Lipinski definition) is 5. The van der Waals surface area contributed by atoms with E-state index in [0.717, 1.165) is 69.2 Å². The van der Waals surface area contributed by atoms with Gasteiger partial charge in [0.25, 0.3) is 0 Å². The Labute approximate surface area is 158 Å². The first-order chi connectivity index (χ1) is 12.5. The molecule has 0 saturated carbocycles. The van der Waals surface area contributed by atoms with Gasteiger partial charge < -0.3 is 14.5 Å². The summed E-state index contributed by atoms with van der Waals surface area (Å²) in [5.74, 6) is 0.420. The van der Waals surface area contributed by atoms with Crippen LogP contribution in [0.3, 0.4) is 0 Å². The zero-order valence-electron chi connectivity index (χ0n) is 15.4. The normalized spacial score (nSPS) is 25.4. The quantitative estimate of drug-likeness (QED) is 0.805. The van der Waals surface area contributed by atoms with E-state index in [1.54, 1.807) is 11.3 Å². The highest BCUT2D eigenvalue weighted by Crippen LogP contribution is 2.41. The number of aromatic nitrogens is 1. The summed E-state index contributed by atoms with van der Waals surface area (Å²) in [6, 6.07) is 0. The molecule has 4 rings (SSSR count). The van der Waals surface area contributed by atoms with Crippen LogP contribution in [0, 0.1) is 12.3 Å². The fourth-order valence-electron chi connectivity index (χ4n) is 4.50. The summed E-state index contributed by atoms with van der Waals surface area (Å²) in [5.41, 5.74) is 0.931. The maximum Gasteiger partial charge on any atom is 0.228 e. The van der Waals surface area contributed by atoms with Crippen LogP contribution >= 0.6 is 11.3 Å². The molecule has 0 radical (unpaired) electrons. The number of piperidine rings is 1. The molecule has 0 bridgehead atoms. The summed E-state index contributed by atoms with van der Waals surface area (Å²) >= 11 is 1.59. The number of carbonyl (C=O) groups is 2. The van der Waals surface area contributed by atoms with Crippen LogP contribution in [0.1, 0.15) is 42.8 Å². The van der Waals surface area contributed by atoms with Crippen molar-refractivity contribution >= 4 is 23.2 Å². The van der Waals surface area contributed by atoms with Gasteiger partial charge in [0, 0.05) is 50.0 Å². The van der Waals surface area contributed by atoms with E-state index in [-0.39, 0.29) is 23.3 Å². The topological polar surface area (TPSA) is 62.7 Å². The predicted molar refractivity (Wildman–Crippen MR) is 99.0 cm³/mol. The number of ether oxygens (including phenoxy) is 1. The Balaban J connectivity index is 1.30. The number of carbonyl (C=O) groups excluding carboxylic acids is 2. The van der Waals surface area contributed by atoms with Crippen LogP contribution in [0.15, 0.2) is 5.38 Å². The SMILES string of the molecule is Cc1nc(CC(=O)N2CCC3(CC2)CC(=O)N(C[C@H]2CCCO2)C3)cs1. The standard InChI is InChI=1S/C19H27N3O3S/c1-14-20-15(12-26-14)9-17(23)21-6-4-19(5-7-21)10-18(24)22(13-19)11-16-3-2-8-25-16/h12,16H,2-11,13H2,1H3/t16-/m1/s1. The minimum absolute atomic E-state index is 0.0592. The maximum atomic E-state index is 12.5. The van der Waals surface area contributed by atoms with Gasteiger partial charge in [-0.3, -0.25) is 9.59 Å². The molecule has 1 atom stereocenters. The molecular formula is C19H27N3O3S. The Morgan fingerprint density at radius 1 is 1.42 bits per heavy atom. The number of thiazole rings is 1. The summed E-state index contributed by atoms with van der Waals surface area (Å²) in [4.78, 5) is 33.4. The second-order valence-electron chi connectivity index (χ2n) is 8.00. The molecule has 3 saturated heterocycles. The van der Waals surface area contributed by atoms with E-state index >= 15 is 0 Å². The second-order valence-corrected chi connectivity index (χ2v) is 9.06. The lowest BCUT2D eigenvalue weighted by molar-refractivity contribution is -0.132. The molecule has 3 aliphatic heterocycles. The second kappa shape index (κ2) is 7.27. The monoisotopic (exact) mass is 377 g/mol. The summed E-state index contributed by atoms with van der Waals surface area (Å²) in [6.07, 6.45) is 5.25. The van der Waals surface area contributed by atoms with Gasteiger partial charge >= 0.3 is 0 Å². The van der Waals surface area contributed by atoms with Crippen LogP contribution in [0.25, 0.3) is 0 Å². The predicted octanol–water partition coefficient (Wildman–Crippen LogP) is 2.01. The van der Waals surface area contributed by atoms with Crippen molar-refractivity contribution in [3.8, 4) is 0 Å². The van der Waals surface area contributed by atoms with Crippen molar-refractivity contribution < 1.29 is 14.3 Å². The maximum absolute atomic E-state index is 12.5. The zero-order valence-corrected chi connectivity index (χ0v) is 16.2. The van der Waals surface area contributed by atoms with Crippen LogP contribution in [-0.2, 0) is 20.7 Å². The highest BCUT2D eigenvalue weighted by Gasteiger charge is 2.45. The van der Waals surface area contributed by atoms with E-state index < -0.39 is 0 Å². The molecule has 4 heterocycles. The number of rotatable bonds is 4. The van der Waals surface area contributed by atoms with Crippen molar-refractivity contribution in [2.45, 2.75) is 51.6 Å². The Kier molecular flexibility index (Phi) is 5.01. The van der Waals surface area contributed by atoms with Crippen molar-refractivity contribution in [1.82, 2.24) is 14.8 Å². The van der Waals surface area contributed by atoms with E-state index in [0.29, 0.717) is 12.8 Å². The Bertz CT molecular complexity index is 675. The van der Waals surface area contributed by atoms with Crippen LogP contribution < -0.4 is 0 Å². The summed E-state index contributed by atoms with van der Waals surface area (Å²) in [7, 11) is 0. The first-order valence-electron chi connectivity index (χ1n) is 9.61. The van der Waals surface area contributed by atoms with Crippen molar-refractivity contribution in [2.75, 3.05) is 32.8 Å². The molecule has 0 N–H and O–H groups in total. The molecule has 0 unspecified atom stereocenters. The largest absolute Gasteiger partial charge is 0.376 e. The van der Waals surface area contributed by atoms with Crippen molar-refractivity contribution in [3.05, 3.63) is 16.1 Å². The molecule has 0 aliphatic carbocycles. The van der Waals surface area contributed by atoms with Crippen molar-refractivity contribution in [3.63, 3.8) is 0 Å². The fourth-order valence-corrected chi connectivity index (χ4v) is 5.12. The van der Waals surface area contributed by atoms with Crippen LogP contribution in [0.2, 0.25) is 0 Å². The minimum Gasteiger partial charge on any atom is -0.376 e. The summed E-state index contributed by atoms with van der Waals surface area (Å²) < 4.78 is 5.69. The minimum atomic E-state index is 0.0592. The third-order valence-corrected chi connectivity index (χ3v) is 6.85. The van der Waals surface area contributed by atoms with Crippen molar-refractivity contribution in [2.24, 2.45) is 5.41 Å². The molecule has 1 aromatic heterocycles. The number of likely N-dealkylation sites (tertiary alicyclic amines) is 2. The van der Waals surface area contributed by atoms with Gasteiger partial charge in [0.05, 0.1) is 23.2 Å². The van der Waals surface area contributed by atoms with Crippen LogP contribution in [0.5, 0.6) is 0 Å². The molecule has 1 aromatic rings. The molecule has 0 aromatic carbocycles. The number of aryl methyl sites for hydroxylation is 1. The molecule has 26 heavy (non-hydrogen) atoms. The average molecular weight is 378 g/mol. The molecule has 2 amide bonds. The lowest BCUT2D eigenvalue weighted by atomic mass is 9.77. The Morgan fingerprint density at radius 2 is 2.23 bits per heavy atom. The molecule has 1 spiro atoms. The van der Waals surface area contributed by atoms with Gasteiger partial charge in [-0.15, -0.1) is 11.3 Å². The molecule has 3 aliphatic rings. The number of amides is 2. The van der Waals surface area contributed by atoms with Gasteiger partial charge in [0.2, 0.25) is 11.8 Å². The van der Waals surface area contributed by atoms with Crippen LogP contribution in [-0.4, -0.2) is 65.5 Å². The van der Waals surface area contributed by atoms with Crippen LogP contribution in [0.4, 0.5) is 0 Å². The smallest absolute Gasteiger partial charge is 0.228 e. The molecule has 142 valence electrons. The molecule has 7 heteroatoms. The number of hydrogen-bond donors (Lipinski definition) is 0. The molecule has 3 fully saturated rings. The van der Waals surface area contributed by atoms with Crippen molar-refractivity contribution in [1.29, 1.82) is 0 Å². The van der Waals surface area contributed by atoms with E-state index in [9.17, 15) is 9.59 Å². The first-order valence-corrected chi connectivity index (χ1v) is 10.5. The van der Waals surface area contributed by atoms with E-state index in [1.165, 1.54) is 0 Å². The Morgan fingerprint density at radius 3 is 2.88 bits per heavy atom. The molecule has 6 nitrogen and oxygen atoms in total. The lowest BCUT2D eigenvalue weighted by Crippen LogP contribution is -2.45. The van der Waals surface area contributed by atoms with Gasteiger partial charge in [0.15, 0.2) is 0 Å². The first kappa shape index (κ1) is 17.9. The fraction of sp³-hybridized carbons (Fsp3) is 0.737. The van der Waals surface area contributed by atoms with E-state index in [1.807, 2.05) is 22.1 Å². The highest BCUT2D eigenvalue weighted by atomic mass is 32.1. The number of nitrogens with zero attached hydrogens (tertiary/aromatic N) is 3. The van der Waals surface area contributed by atoms with Gasteiger partial charge in [-0.1, -0.05) is 0 Å². The third-order valence-electron chi connectivity index (χ3n) is 6.03. The summed E-state index contributed by atoms with van der Waals surface area (Å²) in [6.45, 7) is 5.87. The molecular weight excluding hydrogens is 350 g/mol.